The first-order chi connectivity index (χ1) is 9.12. The number of hydrogen-bond acceptors (Lipinski definition) is 2. The van der Waals surface area contributed by atoms with Gasteiger partial charge in [0.2, 0.25) is 10.0 Å². The topological polar surface area (TPSA) is 37.4 Å². The van der Waals surface area contributed by atoms with Crippen molar-refractivity contribution in [2.75, 3.05) is 13.1 Å². The molecule has 1 heterocycles. The second-order valence-corrected chi connectivity index (χ2v) is 9.45. The number of nitrogens with zero attached hydrogens (tertiary/aromatic N) is 1. The predicted octanol–water partition coefficient (Wildman–Crippen LogP) is 3.81. The van der Waals surface area contributed by atoms with Crippen LogP contribution in [0.3, 0.4) is 0 Å². The van der Waals surface area contributed by atoms with Gasteiger partial charge in [0.25, 0.3) is 0 Å². The van der Waals surface area contributed by atoms with Gasteiger partial charge in [0.1, 0.15) is 0 Å². The maximum absolute atomic E-state index is 12.8. The third-order valence-electron chi connectivity index (χ3n) is 4.14. The molecule has 1 aliphatic rings. The molecule has 1 unspecified atom stereocenters. The molecule has 0 amide bonds. The average molecular weight is 360 g/mol. The molecule has 0 spiro atoms. The molecule has 1 saturated heterocycles. The molecule has 2 rings (SSSR count). The lowest BCUT2D eigenvalue weighted by atomic mass is 9.80. The number of benzene rings is 1. The Balaban J connectivity index is 2.31. The summed E-state index contributed by atoms with van der Waals surface area (Å²) in [6, 6.07) is 5.42. The van der Waals surface area contributed by atoms with E-state index in [1.165, 1.54) is 0 Å². The quantitative estimate of drug-likeness (QED) is 0.804. The van der Waals surface area contributed by atoms with Gasteiger partial charge < -0.3 is 0 Å². The zero-order valence-electron chi connectivity index (χ0n) is 12.5. The molecule has 0 radical (unpaired) electrons. The summed E-state index contributed by atoms with van der Waals surface area (Å²) in [4.78, 5) is 0.418. The Morgan fingerprint density at radius 3 is 2.50 bits per heavy atom. The highest BCUT2D eigenvalue weighted by Crippen LogP contribution is 2.36. The van der Waals surface area contributed by atoms with Gasteiger partial charge in [-0.1, -0.05) is 42.8 Å². The highest BCUT2D eigenvalue weighted by molar-refractivity contribution is 9.10. The molecule has 0 bridgehead atoms. The Hall–Kier alpha value is -0.390. The molecule has 1 fully saturated rings. The second-order valence-electron chi connectivity index (χ2n) is 6.62. The fourth-order valence-corrected chi connectivity index (χ4v) is 4.91. The fraction of sp³-hybridized carbons (Fsp3) is 0.600. The summed E-state index contributed by atoms with van der Waals surface area (Å²) in [5.74, 6) is 0.421. The van der Waals surface area contributed by atoms with Gasteiger partial charge in [0, 0.05) is 17.6 Å². The van der Waals surface area contributed by atoms with Gasteiger partial charge in [0.15, 0.2) is 0 Å². The van der Waals surface area contributed by atoms with Crippen LogP contribution < -0.4 is 0 Å². The summed E-state index contributed by atoms with van der Waals surface area (Å²) in [6.07, 6.45) is 0.940. The van der Waals surface area contributed by atoms with Crippen LogP contribution in [0.4, 0.5) is 0 Å². The van der Waals surface area contributed by atoms with Crippen LogP contribution in [0.2, 0.25) is 0 Å². The highest BCUT2D eigenvalue weighted by atomic mass is 79.9. The van der Waals surface area contributed by atoms with Gasteiger partial charge in [-0.2, -0.15) is 4.31 Å². The van der Waals surface area contributed by atoms with Crippen LogP contribution in [0.25, 0.3) is 0 Å². The van der Waals surface area contributed by atoms with Crippen molar-refractivity contribution in [3.63, 3.8) is 0 Å². The van der Waals surface area contributed by atoms with E-state index < -0.39 is 10.0 Å². The van der Waals surface area contributed by atoms with E-state index in [4.69, 9.17) is 0 Å². The van der Waals surface area contributed by atoms with Gasteiger partial charge in [-0.15, -0.1) is 0 Å². The first-order valence-corrected chi connectivity index (χ1v) is 9.12. The van der Waals surface area contributed by atoms with Crippen molar-refractivity contribution in [3.05, 3.63) is 28.2 Å². The van der Waals surface area contributed by atoms with Crippen molar-refractivity contribution in [3.8, 4) is 0 Å². The minimum Gasteiger partial charge on any atom is -0.207 e. The monoisotopic (exact) mass is 359 g/mol. The Morgan fingerprint density at radius 2 is 1.95 bits per heavy atom. The van der Waals surface area contributed by atoms with Crippen LogP contribution in [0, 0.1) is 18.3 Å². The van der Waals surface area contributed by atoms with Gasteiger partial charge in [0.05, 0.1) is 4.90 Å². The smallest absolute Gasteiger partial charge is 0.207 e. The summed E-state index contributed by atoms with van der Waals surface area (Å²) in [5, 5.41) is 0. The number of sulfonamides is 1. The number of aryl methyl sites for hydroxylation is 1. The molecule has 20 heavy (non-hydrogen) atoms. The van der Waals surface area contributed by atoms with Crippen molar-refractivity contribution in [2.24, 2.45) is 11.3 Å². The predicted molar refractivity (Wildman–Crippen MR) is 85.2 cm³/mol. The Labute approximate surface area is 130 Å². The Kier molecular flexibility index (Phi) is 4.34. The largest absolute Gasteiger partial charge is 0.243 e. The first kappa shape index (κ1) is 16.0. The molecule has 1 aromatic rings. The number of hydrogen-bond donors (Lipinski definition) is 0. The third-order valence-corrected chi connectivity index (χ3v) is 6.64. The molecule has 0 aliphatic carbocycles. The zero-order valence-corrected chi connectivity index (χ0v) is 14.9. The van der Waals surface area contributed by atoms with Crippen LogP contribution in [0.1, 0.15) is 32.8 Å². The lowest BCUT2D eigenvalue weighted by Gasteiger charge is -2.27. The van der Waals surface area contributed by atoms with Crippen molar-refractivity contribution >= 4 is 26.0 Å². The Morgan fingerprint density at radius 1 is 1.30 bits per heavy atom. The lowest BCUT2D eigenvalue weighted by molar-refractivity contribution is 0.252. The molecule has 0 aromatic heterocycles. The minimum absolute atomic E-state index is 0.149. The fourth-order valence-electron chi connectivity index (χ4n) is 2.64. The van der Waals surface area contributed by atoms with E-state index in [1.807, 2.05) is 19.1 Å². The average Bonchev–Trinajstić information content (AvgIpc) is 2.82. The maximum atomic E-state index is 12.8. The van der Waals surface area contributed by atoms with E-state index in [2.05, 4.69) is 36.7 Å². The van der Waals surface area contributed by atoms with Crippen LogP contribution in [-0.2, 0) is 10.0 Å². The molecule has 112 valence electrons. The molecule has 0 N–H and O–H groups in total. The SMILES string of the molecule is Cc1ccc(Br)cc1S(=O)(=O)N1CCC(C(C)(C)C)C1. The molecule has 5 heteroatoms. The summed E-state index contributed by atoms with van der Waals surface area (Å²) in [5.41, 5.74) is 0.948. The van der Waals surface area contributed by atoms with Gasteiger partial charge >= 0.3 is 0 Å². The normalized spacial score (nSPS) is 21.4. The summed E-state index contributed by atoms with van der Waals surface area (Å²) in [7, 11) is -3.38. The van der Waals surface area contributed by atoms with Crippen molar-refractivity contribution in [1.29, 1.82) is 0 Å². The number of halogens is 1. The molecule has 1 atom stereocenters. The molecular formula is C15H22BrNO2S. The Bertz CT molecular complexity index is 605. The van der Waals surface area contributed by atoms with Crippen molar-refractivity contribution < 1.29 is 8.42 Å². The second kappa shape index (κ2) is 5.43. The number of rotatable bonds is 2. The lowest BCUT2D eigenvalue weighted by Crippen LogP contribution is -2.31. The standard InChI is InChI=1S/C15H22BrNO2S/c1-11-5-6-13(16)9-14(11)20(18,19)17-8-7-12(10-17)15(2,3)4/h5-6,9,12H,7-8,10H2,1-4H3. The van der Waals surface area contributed by atoms with Gasteiger partial charge in [-0.25, -0.2) is 8.42 Å². The molecule has 3 nitrogen and oxygen atoms in total. The maximum Gasteiger partial charge on any atom is 0.243 e. The van der Waals surface area contributed by atoms with Gasteiger partial charge in [-0.3, -0.25) is 0 Å². The van der Waals surface area contributed by atoms with Crippen LogP contribution in [-0.4, -0.2) is 25.8 Å². The minimum atomic E-state index is -3.38. The van der Waals surface area contributed by atoms with Crippen LogP contribution >= 0.6 is 15.9 Å². The summed E-state index contributed by atoms with van der Waals surface area (Å²) < 4.78 is 28.0. The summed E-state index contributed by atoms with van der Waals surface area (Å²) >= 11 is 3.36. The van der Waals surface area contributed by atoms with E-state index in [0.717, 1.165) is 16.5 Å². The van der Waals surface area contributed by atoms with E-state index in [0.29, 0.717) is 23.9 Å². The van der Waals surface area contributed by atoms with Gasteiger partial charge in [-0.05, 0) is 42.4 Å². The third kappa shape index (κ3) is 3.10. The molecule has 1 aromatic carbocycles. The molecule has 1 aliphatic heterocycles. The highest BCUT2D eigenvalue weighted by Gasteiger charge is 2.38. The van der Waals surface area contributed by atoms with E-state index in [9.17, 15) is 8.42 Å². The first-order valence-electron chi connectivity index (χ1n) is 6.88. The molecular weight excluding hydrogens is 338 g/mol. The van der Waals surface area contributed by atoms with E-state index >= 15 is 0 Å². The van der Waals surface area contributed by atoms with Crippen molar-refractivity contribution in [2.45, 2.75) is 39.0 Å². The summed E-state index contributed by atoms with van der Waals surface area (Å²) in [6.45, 7) is 9.62. The van der Waals surface area contributed by atoms with Crippen LogP contribution in [0.15, 0.2) is 27.6 Å². The van der Waals surface area contributed by atoms with E-state index in [1.54, 1.807) is 10.4 Å². The zero-order chi connectivity index (χ0) is 15.1. The van der Waals surface area contributed by atoms with Crippen LogP contribution in [0.5, 0.6) is 0 Å². The van der Waals surface area contributed by atoms with Crippen molar-refractivity contribution in [1.82, 2.24) is 4.31 Å². The van der Waals surface area contributed by atoms with E-state index in [-0.39, 0.29) is 5.41 Å². The molecule has 0 saturated carbocycles.